The Bertz CT molecular complexity index is 691. The van der Waals surface area contributed by atoms with Crippen LogP contribution in [0.1, 0.15) is 15.9 Å². The lowest BCUT2D eigenvalue weighted by atomic mass is 10.2. The van der Waals surface area contributed by atoms with Gasteiger partial charge in [0.25, 0.3) is 11.6 Å². The van der Waals surface area contributed by atoms with Crippen LogP contribution in [0.15, 0.2) is 47.5 Å². The number of nitrogens with one attached hydrogen (secondary N) is 2. The van der Waals surface area contributed by atoms with Crippen molar-refractivity contribution < 1.29 is 9.72 Å². The highest BCUT2D eigenvalue weighted by Crippen LogP contribution is 2.11. The molecule has 0 fully saturated rings. The summed E-state index contributed by atoms with van der Waals surface area (Å²) >= 11 is 0. The number of rotatable bonds is 4. The van der Waals surface area contributed by atoms with Crippen molar-refractivity contribution in [2.24, 2.45) is 0 Å². The van der Waals surface area contributed by atoms with Crippen LogP contribution in [0, 0.1) is 10.1 Å². The van der Waals surface area contributed by atoms with Gasteiger partial charge >= 0.3 is 0 Å². The van der Waals surface area contributed by atoms with Gasteiger partial charge in [0.15, 0.2) is 5.43 Å². The van der Waals surface area contributed by atoms with Crippen molar-refractivity contribution in [1.29, 1.82) is 0 Å². The van der Waals surface area contributed by atoms with Gasteiger partial charge in [-0.05, 0) is 5.56 Å². The second-order valence-electron chi connectivity index (χ2n) is 4.03. The first kappa shape index (κ1) is 13.5. The second-order valence-corrected chi connectivity index (χ2v) is 4.03. The van der Waals surface area contributed by atoms with Crippen LogP contribution in [0.25, 0.3) is 0 Å². The summed E-state index contributed by atoms with van der Waals surface area (Å²) in [6.07, 6.45) is 2.77. The molecule has 1 amide bonds. The summed E-state index contributed by atoms with van der Waals surface area (Å²) in [4.78, 5) is 35.9. The van der Waals surface area contributed by atoms with Gasteiger partial charge in [0.2, 0.25) is 0 Å². The number of H-pyrrole nitrogens is 1. The maximum atomic E-state index is 11.8. The molecule has 2 aromatic rings. The summed E-state index contributed by atoms with van der Waals surface area (Å²) in [5.74, 6) is -0.495. The standard InChI is InChI=1S/C13H11N3O4/c17-12-5-6-14-8-11(12)13(18)15-7-9-1-3-10(4-2-9)16(19)20/h1-6,8H,7H2,(H,14,17)(H,15,18). The minimum Gasteiger partial charge on any atom is -0.367 e. The Morgan fingerprint density at radius 2 is 1.95 bits per heavy atom. The molecule has 2 rings (SSSR count). The molecule has 7 nitrogen and oxygen atoms in total. The number of amides is 1. The van der Waals surface area contributed by atoms with Crippen molar-refractivity contribution in [2.75, 3.05) is 0 Å². The minimum atomic E-state index is -0.495. The molecule has 0 atom stereocenters. The van der Waals surface area contributed by atoms with E-state index in [2.05, 4.69) is 10.3 Å². The number of pyridine rings is 1. The molecule has 0 aliphatic heterocycles. The van der Waals surface area contributed by atoms with E-state index in [1.165, 1.54) is 30.6 Å². The average Bonchev–Trinajstić information content (AvgIpc) is 2.45. The van der Waals surface area contributed by atoms with Gasteiger partial charge in [-0.2, -0.15) is 0 Å². The zero-order chi connectivity index (χ0) is 14.5. The molecule has 1 aromatic heterocycles. The Balaban J connectivity index is 2.02. The first-order chi connectivity index (χ1) is 9.58. The largest absolute Gasteiger partial charge is 0.367 e. The molecule has 102 valence electrons. The van der Waals surface area contributed by atoms with E-state index in [9.17, 15) is 19.7 Å². The maximum Gasteiger partial charge on any atom is 0.269 e. The molecule has 0 aliphatic carbocycles. The van der Waals surface area contributed by atoms with E-state index in [0.717, 1.165) is 0 Å². The molecule has 2 N–H and O–H groups in total. The van der Waals surface area contributed by atoms with Gasteiger partial charge in [0, 0.05) is 37.1 Å². The molecule has 1 heterocycles. The molecule has 0 radical (unpaired) electrons. The SMILES string of the molecule is O=C(NCc1ccc([N+](=O)[O-])cc1)c1c[nH]ccc1=O. The summed E-state index contributed by atoms with van der Waals surface area (Å²) in [7, 11) is 0. The van der Waals surface area contributed by atoms with Gasteiger partial charge in [-0.1, -0.05) is 12.1 Å². The van der Waals surface area contributed by atoms with Crippen molar-refractivity contribution in [3.63, 3.8) is 0 Å². The third-order valence-corrected chi connectivity index (χ3v) is 2.67. The number of carbonyl (C=O) groups excluding carboxylic acids is 1. The van der Waals surface area contributed by atoms with E-state index in [4.69, 9.17) is 0 Å². The number of hydrogen-bond acceptors (Lipinski definition) is 4. The monoisotopic (exact) mass is 273 g/mol. The zero-order valence-electron chi connectivity index (χ0n) is 10.3. The van der Waals surface area contributed by atoms with E-state index >= 15 is 0 Å². The fourth-order valence-corrected chi connectivity index (χ4v) is 1.61. The molecule has 1 aromatic carbocycles. The number of aromatic amines is 1. The second kappa shape index (κ2) is 5.79. The van der Waals surface area contributed by atoms with Crippen molar-refractivity contribution in [2.45, 2.75) is 6.54 Å². The highest BCUT2D eigenvalue weighted by molar-refractivity contribution is 5.93. The topological polar surface area (TPSA) is 105 Å². The predicted molar refractivity (Wildman–Crippen MR) is 71.3 cm³/mol. The van der Waals surface area contributed by atoms with Crippen LogP contribution in [0.5, 0.6) is 0 Å². The van der Waals surface area contributed by atoms with Crippen LogP contribution in [0.3, 0.4) is 0 Å². The Morgan fingerprint density at radius 1 is 1.25 bits per heavy atom. The van der Waals surface area contributed by atoms with Crippen LogP contribution in [0.2, 0.25) is 0 Å². The molecule has 0 saturated heterocycles. The fraction of sp³-hybridized carbons (Fsp3) is 0.0769. The normalized spacial score (nSPS) is 10.0. The van der Waals surface area contributed by atoms with E-state index in [1.807, 2.05) is 0 Å². The molecule has 0 bridgehead atoms. The number of benzene rings is 1. The van der Waals surface area contributed by atoms with Crippen LogP contribution in [-0.4, -0.2) is 15.8 Å². The van der Waals surface area contributed by atoms with Crippen LogP contribution >= 0.6 is 0 Å². The molecule has 0 saturated carbocycles. The van der Waals surface area contributed by atoms with E-state index in [1.54, 1.807) is 12.1 Å². The van der Waals surface area contributed by atoms with Crippen LogP contribution < -0.4 is 10.7 Å². The highest BCUT2D eigenvalue weighted by Gasteiger charge is 2.09. The number of non-ortho nitro benzene ring substituents is 1. The summed E-state index contributed by atoms with van der Waals surface area (Å²) in [5.41, 5.74) is 0.343. The summed E-state index contributed by atoms with van der Waals surface area (Å²) in [5, 5.41) is 13.1. The van der Waals surface area contributed by atoms with E-state index < -0.39 is 10.8 Å². The lowest BCUT2D eigenvalue weighted by Gasteiger charge is -2.04. The molecule has 20 heavy (non-hydrogen) atoms. The molecular formula is C13H11N3O4. The third-order valence-electron chi connectivity index (χ3n) is 2.67. The minimum absolute atomic E-state index is 0.0143. The number of carbonyl (C=O) groups is 1. The van der Waals surface area contributed by atoms with Gasteiger partial charge in [0.05, 0.1) is 4.92 Å². The van der Waals surface area contributed by atoms with Crippen molar-refractivity contribution in [3.05, 3.63) is 74.2 Å². The molecule has 7 heteroatoms. The Labute approximate surface area is 113 Å². The zero-order valence-corrected chi connectivity index (χ0v) is 10.3. The number of nitro groups is 1. The summed E-state index contributed by atoms with van der Waals surface area (Å²) in [6, 6.07) is 7.08. The maximum absolute atomic E-state index is 11.8. The van der Waals surface area contributed by atoms with E-state index in [0.29, 0.717) is 5.56 Å². The summed E-state index contributed by atoms with van der Waals surface area (Å²) < 4.78 is 0. The fourth-order valence-electron chi connectivity index (χ4n) is 1.61. The highest BCUT2D eigenvalue weighted by atomic mass is 16.6. The molecule has 0 aliphatic rings. The number of hydrogen-bond donors (Lipinski definition) is 2. The van der Waals surface area contributed by atoms with Crippen molar-refractivity contribution in [1.82, 2.24) is 10.3 Å². The molecule has 0 spiro atoms. The Hall–Kier alpha value is -2.96. The average molecular weight is 273 g/mol. The smallest absolute Gasteiger partial charge is 0.269 e. The third kappa shape index (κ3) is 3.08. The van der Waals surface area contributed by atoms with Crippen LogP contribution in [-0.2, 0) is 6.54 Å². The molecule has 0 unspecified atom stereocenters. The molecular weight excluding hydrogens is 262 g/mol. The van der Waals surface area contributed by atoms with E-state index in [-0.39, 0.29) is 23.2 Å². The number of nitrogens with zero attached hydrogens (tertiary/aromatic N) is 1. The van der Waals surface area contributed by atoms with Gasteiger partial charge in [0.1, 0.15) is 5.56 Å². The van der Waals surface area contributed by atoms with Crippen molar-refractivity contribution in [3.8, 4) is 0 Å². The van der Waals surface area contributed by atoms with Gasteiger partial charge in [-0.3, -0.25) is 19.7 Å². The Morgan fingerprint density at radius 3 is 2.55 bits per heavy atom. The lowest BCUT2D eigenvalue weighted by molar-refractivity contribution is -0.384. The predicted octanol–water partition coefficient (Wildman–Crippen LogP) is 1.21. The summed E-state index contributed by atoms with van der Waals surface area (Å²) in [6.45, 7) is 0.186. The van der Waals surface area contributed by atoms with Crippen molar-refractivity contribution >= 4 is 11.6 Å². The quantitative estimate of drug-likeness (QED) is 0.645. The van der Waals surface area contributed by atoms with Gasteiger partial charge in [-0.15, -0.1) is 0 Å². The number of nitro benzene ring substituents is 1. The first-order valence-corrected chi connectivity index (χ1v) is 5.76. The van der Waals surface area contributed by atoms with Gasteiger partial charge in [-0.25, -0.2) is 0 Å². The lowest BCUT2D eigenvalue weighted by Crippen LogP contribution is -2.27. The number of aromatic nitrogens is 1. The Kier molecular flexibility index (Phi) is 3.90. The van der Waals surface area contributed by atoms with Gasteiger partial charge < -0.3 is 10.3 Å². The van der Waals surface area contributed by atoms with Crippen LogP contribution in [0.4, 0.5) is 5.69 Å². The first-order valence-electron chi connectivity index (χ1n) is 5.76.